The van der Waals surface area contributed by atoms with Crippen molar-refractivity contribution in [2.75, 3.05) is 0 Å². The molecule has 0 atom stereocenters. The summed E-state index contributed by atoms with van der Waals surface area (Å²) in [7, 11) is 1.92. The number of nitrogens with zero attached hydrogens (tertiary/aromatic N) is 3. The standard InChI is InChI=1S/C8H8BrN3/c1-5-3-7-6(8(9)11-5)4-10-12(7)2/h3-4H,1-2H3. The first-order chi connectivity index (χ1) is 5.68. The van der Waals surface area contributed by atoms with E-state index in [4.69, 9.17) is 0 Å². The first-order valence-corrected chi connectivity index (χ1v) is 4.42. The summed E-state index contributed by atoms with van der Waals surface area (Å²) in [6.07, 6.45) is 1.81. The van der Waals surface area contributed by atoms with Crippen molar-refractivity contribution in [3.05, 3.63) is 22.6 Å². The van der Waals surface area contributed by atoms with E-state index in [0.29, 0.717) is 0 Å². The molecule has 0 bridgehead atoms. The Hall–Kier alpha value is -0.900. The summed E-state index contributed by atoms with van der Waals surface area (Å²) in [6.45, 7) is 1.97. The fraction of sp³-hybridized carbons (Fsp3) is 0.250. The maximum Gasteiger partial charge on any atom is 0.117 e. The Balaban J connectivity index is 2.92. The van der Waals surface area contributed by atoms with Crippen LogP contribution in [-0.2, 0) is 7.05 Å². The molecule has 0 fully saturated rings. The van der Waals surface area contributed by atoms with Crippen LogP contribution in [0.2, 0.25) is 0 Å². The van der Waals surface area contributed by atoms with E-state index in [2.05, 4.69) is 26.0 Å². The molecule has 0 aliphatic heterocycles. The molecule has 0 aliphatic rings. The quantitative estimate of drug-likeness (QED) is 0.643. The van der Waals surface area contributed by atoms with E-state index in [-0.39, 0.29) is 0 Å². The molecule has 12 heavy (non-hydrogen) atoms. The third-order valence-corrected chi connectivity index (χ3v) is 2.43. The second-order valence-electron chi connectivity index (χ2n) is 2.76. The van der Waals surface area contributed by atoms with Crippen LogP contribution >= 0.6 is 15.9 Å². The lowest BCUT2D eigenvalue weighted by Crippen LogP contribution is -1.90. The van der Waals surface area contributed by atoms with Crippen molar-refractivity contribution >= 4 is 26.8 Å². The highest BCUT2D eigenvalue weighted by molar-refractivity contribution is 9.10. The van der Waals surface area contributed by atoms with Gasteiger partial charge in [-0.3, -0.25) is 4.68 Å². The molecule has 3 nitrogen and oxygen atoms in total. The molecule has 2 heterocycles. The summed E-state index contributed by atoms with van der Waals surface area (Å²) in [4.78, 5) is 4.28. The number of hydrogen-bond donors (Lipinski definition) is 0. The molecule has 0 unspecified atom stereocenters. The molecule has 2 aromatic heterocycles. The van der Waals surface area contributed by atoms with Crippen LogP contribution in [0.25, 0.3) is 10.9 Å². The molecule has 62 valence electrons. The van der Waals surface area contributed by atoms with Crippen LogP contribution in [0.3, 0.4) is 0 Å². The van der Waals surface area contributed by atoms with Gasteiger partial charge in [-0.05, 0) is 28.9 Å². The Bertz CT molecular complexity index is 433. The molecule has 0 saturated carbocycles. The van der Waals surface area contributed by atoms with Crippen molar-refractivity contribution in [3.63, 3.8) is 0 Å². The summed E-state index contributed by atoms with van der Waals surface area (Å²) in [5.74, 6) is 0. The highest BCUT2D eigenvalue weighted by Gasteiger charge is 2.04. The predicted octanol–water partition coefficient (Wildman–Crippen LogP) is 2.04. The van der Waals surface area contributed by atoms with Gasteiger partial charge in [0.1, 0.15) is 4.60 Å². The molecule has 0 aromatic carbocycles. The second kappa shape index (κ2) is 2.55. The fourth-order valence-electron chi connectivity index (χ4n) is 1.22. The van der Waals surface area contributed by atoms with Crippen molar-refractivity contribution < 1.29 is 0 Å². The van der Waals surface area contributed by atoms with Gasteiger partial charge in [0, 0.05) is 12.7 Å². The van der Waals surface area contributed by atoms with Crippen LogP contribution in [0.15, 0.2) is 16.9 Å². The van der Waals surface area contributed by atoms with Crippen LogP contribution in [0, 0.1) is 6.92 Å². The Kier molecular flexibility index (Phi) is 1.65. The van der Waals surface area contributed by atoms with E-state index in [1.54, 1.807) is 0 Å². The average Bonchev–Trinajstić information content (AvgIpc) is 2.33. The maximum absolute atomic E-state index is 4.28. The van der Waals surface area contributed by atoms with Crippen LogP contribution in [0.5, 0.6) is 0 Å². The zero-order valence-electron chi connectivity index (χ0n) is 6.87. The highest BCUT2D eigenvalue weighted by Crippen LogP contribution is 2.21. The number of fused-ring (bicyclic) bond motifs is 1. The largest absolute Gasteiger partial charge is 0.268 e. The monoisotopic (exact) mass is 225 g/mol. The normalized spacial score (nSPS) is 10.9. The van der Waals surface area contributed by atoms with Crippen molar-refractivity contribution in [1.29, 1.82) is 0 Å². The van der Waals surface area contributed by atoms with Crippen LogP contribution < -0.4 is 0 Å². The van der Waals surface area contributed by atoms with Gasteiger partial charge in [-0.25, -0.2) is 4.98 Å². The van der Waals surface area contributed by atoms with E-state index in [1.807, 2.05) is 30.9 Å². The van der Waals surface area contributed by atoms with E-state index < -0.39 is 0 Å². The van der Waals surface area contributed by atoms with Crippen LogP contribution in [-0.4, -0.2) is 14.8 Å². The molecule has 0 N–H and O–H groups in total. The topological polar surface area (TPSA) is 30.7 Å². The Labute approximate surface area is 78.5 Å². The summed E-state index contributed by atoms with van der Waals surface area (Å²) >= 11 is 3.40. The van der Waals surface area contributed by atoms with Gasteiger partial charge in [0.2, 0.25) is 0 Å². The molecule has 4 heteroatoms. The fourth-order valence-corrected chi connectivity index (χ4v) is 1.81. The van der Waals surface area contributed by atoms with Gasteiger partial charge in [-0.1, -0.05) is 0 Å². The molecule has 0 spiro atoms. The molecule has 0 saturated heterocycles. The molecule has 0 radical (unpaired) electrons. The molecule has 0 amide bonds. The molecular weight excluding hydrogens is 218 g/mol. The molecule has 2 rings (SSSR count). The van der Waals surface area contributed by atoms with Crippen molar-refractivity contribution in [1.82, 2.24) is 14.8 Å². The number of aromatic nitrogens is 3. The lowest BCUT2D eigenvalue weighted by atomic mass is 10.3. The van der Waals surface area contributed by atoms with E-state index >= 15 is 0 Å². The summed E-state index contributed by atoms with van der Waals surface area (Å²) in [5.41, 5.74) is 2.10. The van der Waals surface area contributed by atoms with Crippen LogP contribution in [0.4, 0.5) is 0 Å². The van der Waals surface area contributed by atoms with E-state index in [9.17, 15) is 0 Å². The smallest absolute Gasteiger partial charge is 0.117 e. The Morgan fingerprint density at radius 1 is 1.50 bits per heavy atom. The maximum atomic E-state index is 4.28. The summed E-state index contributed by atoms with van der Waals surface area (Å²) < 4.78 is 2.71. The van der Waals surface area contributed by atoms with Gasteiger partial charge in [0.25, 0.3) is 0 Å². The number of hydrogen-bond acceptors (Lipinski definition) is 2. The predicted molar refractivity (Wildman–Crippen MR) is 50.9 cm³/mol. The minimum Gasteiger partial charge on any atom is -0.268 e. The Morgan fingerprint density at radius 3 is 3.00 bits per heavy atom. The average molecular weight is 226 g/mol. The van der Waals surface area contributed by atoms with Gasteiger partial charge in [-0.15, -0.1) is 0 Å². The van der Waals surface area contributed by atoms with E-state index in [1.165, 1.54) is 0 Å². The van der Waals surface area contributed by atoms with Gasteiger partial charge in [0.05, 0.1) is 17.1 Å². The van der Waals surface area contributed by atoms with Crippen molar-refractivity contribution in [3.8, 4) is 0 Å². The number of aryl methyl sites for hydroxylation is 2. The minimum atomic E-state index is 0.866. The molecular formula is C8H8BrN3. The lowest BCUT2D eigenvalue weighted by molar-refractivity contribution is 0.796. The van der Waals surface area contributed by atoms with Gasteiger partial charge in [0.15, 0.2) is 0 Å². The highest BCUT2D eigenvalue weighted by atomic mass is 79.9. The Morgan fingerprint density at radius 2 is 2.25 bits per heavy atom. The summed E-state index contributed by atoms with van der Waals surface area (Å²) in [5, 5.41) is 5.20. The van der Waals surface area contributed by atoms with Gasteiger partial charge < -0.3 is 0 Å². The minimum absolute atomic E-state index is 0.866. The number of rotatable bonds is 0. The van der Waals surface area contributed by atoms with Gasteiger partial charge in [-0.2, -0.15) is 5.10 Å². The number of pyridine rings is 1. The third kappa shape index (κ3) is 1.03. The number of halogens is 1. The zero-order chi connectivity index (χ0) is 8.72. The van der Waals surface area contributed by atoms with Crippen molar-refractivity contribution in [2.24, 2.45) is 7.05 Å². The molecule has 2 aromatic rings. The summed E-state index contributed by atoms with van der Waals surface area (Å²) in [6, 6.07) is 2.02. The SMILES string of the molecule is Cc1cc2c(cnn2C)c(Br)n1. The zero-order valence-corrected chi connectivity index (χ0v) is 8.46. The van der Waals surface area contributed by atoms with Gasteiger partial charge >= 0.3 is 0 Å². The second-order valence-corrected chi connectivity index (χ2v) is 3.51. The van der Waals surface area contributed by atoms with Crippen LogP contribution in [0.1, 0.15) is 5.69 Å². The van der Waals surface area contributed by atoms with Crippen molar-refractivity contribution in [2.45, 2.75) is 6.92 Å². The lowest BCUT2D eigenvalue weighted by Gasteiger charge is -1.97. The third-order valence-electron chi connectivity index (χ3n) is 1.83. The first kappa shape index (κ1) is 7.73. The molecule has 0 aliphatic carbocycles. The van der Waals surface area contributed by atoms with E-state index in [0.717, 1.165) is 21.2 Å². The first-order valence-electron chi connectivity index (χ1n) is 3.63.